The Morgan fingerprint density at radius 2 is 1.65 bits per heavy atom. The first-order chi connectivity index (χ1) is 8.10. The summed E-state index contributed by atoms with van der Waals surface area (Å²) in [4.78, 5) is 0. The maximum atomic E-state index is 5.24. The third-order valence-electron chi connectivity index (χ3n) is 3.04. The van der Waals surface area contributed by atoms with Gasteiger partial charge in [0.2, 0.25) is 0 Å². The van der Waals surface area contributed by atoms with Crippen LogP contribution in [0.15, 0.2) is 24.3 Å². The lowest BCUT2D eigenvalue weighted by atomic mass is 10.0. The molecule has 96 valence electrons. The zero-order valence-corrected chi connectivity index (χ0v) is 11.4. The van der Waals surface area contributed by atoms with Crippen LogP contribution in [0.2, 0.25) is 0 Å². The average molecular weight is 237 g/mol. The van der Waals surface area contributed by atoms with E-state index in [0.29, 0.717) is 0 Å². The van der Waals surface area contributed by atoms with Crippen molar-refractivity contribution in [3.05, 3.63) is 35.4 Å². The van der Waals surface area contributed by atoms with Crippen LogP contribution in [0.25, 0.3) is 0 Å². The van der Waals surface area contributed by atoms with Gasteiger partial charge in [-0.2, -0.15) is 0 Å². The molecule has 0 heterocycles. The topological polar surface area (TPSA) is 30.5 Å². The first-order valence-electron chi connectivity index (χ1n) is 5.97. The Labute approximate surface area is 104 Å². The lowest BCUT2D eigenvalue weighted by Gasteiger charge is -2.26. The average Bonchev–Trinajstić information content (AvgIpc) is 2.31. The van der Waals surface area contributed by atoms with Gasteiger partial charge in [0.1, 0.15) is 0 Å². The molecule has 0 fully saturated rings. The lowest BCUT2D eigenvalue weighted by molar-refractivity contribution is -0.120. The van der Waals surface area contributed by atoms with Gasteiger partial charge in [0.25, 0.3) is 0 Å². The molecular formula is C14H23NO2. The predicted octanol–water partition coefficient (Wildman–Crippen LogP) is 2.65. The number of aryl methyl sites for hydroxylation is 1. The fraction of sp³-hybridized carbons (Fsp3) is 0.571. The minimum atomic E-state index is -0.221. The second kappa shape index (κ2) is 6.74. The molecule has 0 saturated carbocycles. The van der Waals surface area contributed by atoms with E-state index < -0.39 is 0 Å². The van der Waals surface area contributed by atoms with Crippen molar-refractivity contribution < 1.29 is 9.47 Å². The zero-order chi connectivity index (χ0) is 12.8. The number of rotatable bonds is 6. The highest BCUT2D eigenvalue weighted by atomic mass is 16.7. The second-order valence-electron chi connectivity index (χ2n) is 4.37. The van der Waals surface area contributed by atoms with Crippen molar-refractivity contribution in [1.82, 2.24) is 5.32 Å². The zero-order valence-electron chi connectivity index (χ0n) is 11.4. The smallest absolute Gasteiger partial charge is 0.171 e. The Balaban J connectivity index is 2.66. The van der Waals surface area contributed by atoms with E-state index in [4.69, 9.17) is 9.47 Å². The highest BCUT2D eigenvalue weighted by molar-refractivity contribution is 5.28. The summed E-state index contributed by atoms with van der Waals surface area (Å²) in [6, 6.07) is 8.81. The van der Waals surface area contributed by atoms with E-state index in [1.807, 2.05) is 0 Å². The highest BCUT2D eigenvalue weighted by Gasteiger charge is 2.18. The number of hydrogen-bond donors (Lipinski definition) is 1. The van der Waals surface area contributed by atoms with Crippen LogP contribution in [0.3, 0.4) is 0 Å². The lowest BCUT2D eigenvalue weighted by Crippen LogP contribution is -2.41. The number of nitrogens with one attached hydrogen (secondary N) is 1. The fourth-order valence-electron chi connectivity index (χ4n) is 2.14. The van der Waals surface area contributed by atoms with Gasteiger partial charge in [-0.3, -0.25) is 0 Å². The van der Waals surface area contributed by atoms with Crippen LogP contribution in [-0.2, 0) is 9.47 Å². The van der Waals surface area contributed by atoms with Crippen molar-refractivity contribution in [1.29, 1.82) is 0 Å². The molecule has 0 aliphatic rings. The maximum absolute atomic E-state index is 5.24. The van der Waals surface area contributed by atoms with Gasteiger partial charge in [-0.25, -0.2) is 0 Å². The third-order valence-corrected chi connectivity index (χ3v) is 3.04. The number of hydrogen-bond acceptors (Lipinski definition) is 3. The Kier molecular flexibility index (Phi) is 5.62. The minimum Gasteiger partial charge on any atom is -0.354 e. The van der Waals surface area contributed by atoms with Crippen LogP contribution in [-0.4, -0.2) is 26.6 Å². The SMILES string of the molecule is COC(OC)C(C)NC(C)c1ccccc1C. The Bertz CT molecular complexity index is 337. The van der Waals surface area contributed by atoms with E-state index in [2.05, 4.69) is 50.4 Å². The van der Waals surface area contributed by atoms with Crippen molar-refractivity contribution in [2.45, 2.75) is 39.1 Å². The summed E-state index contributed by atoms with van der Waals surface area (Å²) >= 11 is 0. The molecule has 0 aromatic heterocycles. The monoisotopic (exact) mass is 237 g/mol. The van der Waals surface area contributed by atoms with Gasteiger partial charge in [0.15, 0.2) is 6.29 Å². The van der Waals surface area contributed by atoms with Crippen LogP contribution in [0.5, 0.6) is 0 Å². The van der Waals surface area contributed by atoms with E-state index in [1.54, 1.807) is 14.2 Å². The van der Waals surface area contributed by atoms with Gasteiger partial charge in [0.05, 0.1) is 6.04 Å². The Morgan fingerprint density at radius 3 is 2.18 bits per heavy atom. The predicted molar refractivity (Wildman–Crippen MR) is 70.0 cm³/mol. The molecule has 0 bridgehead atoms. The quantitative estimate of drug-likeness (QED) is 0.772. The standard InChI is InChI=1S/C14H23NO2/c1-10-8-6-7-9-13(10)11(2)15-12(3)14(16-4)17-5/h6-9,11-12,14-15H,1-5H3. The van der Waals surface area contributed by atoms with Crippen molar-refractivity contribution in [2.75, 3.05) is 14.2 Å². The van der Waals surface area contributed by atoms with Gasteiger partial charge in [-0.05, 0) is 31.9 Å². The molecule has 3 heteroatoms. The molecule has 0 saturated heterocycles. The molecule has 0 radical (unpaired) electrons. The highest BCUT2D eigenvalue weighted by Crippen LogP contribution is 2.18. The van der Waals surface area contributed by atoms with Crippen LogP contribution < -0.4 is 5.32 Å². The van der Waals surface area contributed by atoms with E-state index in [0.717, 1.165) is 0 Å². The summed E-state index contributed by atoms with van der Waals surface area (Å²) in [7, 11) is 3.32. The summed E-state index contributed by atoms with van der Waals surface area (Å²) in [5, 5.41) is 3.49. The van der Waals surface area contributed by atoms with E-state index >= 15 is 0 Å². The Hall–Kier alpha value is -0.900. The van der Waals surface area contributed by atoms with Crippen LogP contribution in [0.1, 0.15) is 31.0 Å². The molecule has 0 aliphatic carbocycles. The van der Waals surface area contributed by atoms with Crippen molar-refractivity contribution in [3.63, 3.8) is 0 Å². The molecule has 0 spiro atoms. The van der Waals surface area contributed by atoms with Gasteiger partial charge >= 0.3 is 0 Å². The third kappa shape index (κ3) is 3.80. The van der Waals surface area contributed by atoms with Gasteiger partial charge in [-0.1, -0.05) is 24.3 Å². The normalized spacial score (nSPS) is 14.9. The number of methoxy groups -OCH3 is 2. The first-order valence-corrected chi connectivity index (χ1v) is 5.97. The summed E-state index contributed by atoms with van der Waals surface area (Å²) < 4.78 is 10.5. The molecule has 1 aromatic rings. The van der Waals surface area contributed by atoms with Crippen LogP contribution in [0, 0.1) is 6.92 Å². The molecule has 0 amide bonds. The fourth-order valence-corrected chi connectivity index (χ4v) is 2.14. The van der Waals surface area contributed by atoms with Crippen LogP contribution in [0.4, 0.5) is 0 Å². The van der Waals surface area contributed by atoms with Gasteiger partial charge < -0.3 is 14.8 Å². The Morgan fingerprint density at radius 1 is 1.06 bits per heavy atom. The van der Waals surface area contributed by atoms with Gasteiger partial charge in [0, 0.05) is 20.3 Å². The molecule has 1 aromatic carbocycles. The summed E-state index contributed by atoms with van der Waals surface area (Å²) in [6.45, 7) is 6.34. The molecule has 1 rings (SSSR count). The molecule has 17 heavy (non-hydrogen) atoms. The van der Waals surface area contributed by atoms with Crippen molar-refractivity contribution >= 4 is 0 Å². The molecule has 2 atom stereocenters. The summed E-state index contributed by atoms with van der Waals surface area (Å²) in [5.74, 6) is 0. The van der Waals surface area contributed by atoms with E-state index in [1.165, 1.54) is 11.1 Å². The van der Waals surface area contributed by atoms with Gasteiger partial charge in [-0.15, -0.1) is 0 Å². The molecule has 0 aliphatic heterocycles. The largest absolute Gasteiger partial charge is 0.354 e. The molecular weight excluding hydrogens is 214 g/mol. The summed E-state index contributed by atoms with van der Waals surface area (Å²) in [5.41, 5.74) is 2.61. The van der Waals surface area contributed by atoms with Crippen LogP contribution >= 0.6 is 0 Å². The van der Waals surface area contributed by atoms with Crippen molar-refractivity contribution in [3.8, 4) is 0 Å². The molecule has 2 unspecified atom stereocenters. The maximum Gasteiger partial charge on any atom is 0.171 e. The van der Waals surface area contributed by atoms with Crippen molar-refractivity contribution in [2.24, 2.45) is 0 Å². The second-order valence-corrected chi connectivity index (χ2v) is 4.37. The number of ether oxygens (including phenoxy) is 2. The summed E-state index contributed by atoms with van der Waals surface area (Å²) in [6.07, 6.45) is -0.221. The number of benzene rings is 1. The van der Waals surface area contributed by atoms with E-state index in [9.17, 15) is 0 Å². The molecule has 1 N–H and O–H groups in total. The molecule has 3 nitrogen and oxygen atoms in total. The van der Waals surface area contributed by atoms with E-state index in [-0.39, 0.29) is 18.4 Å². The first kappa shape index (κ1) is 14.2. The minimum absolute atomic E-state index is 0.139.